The highest BCUT2D eigenvalue weighted by Crippen LogP contribution is 2.52. The van der Waals surface area contributed by atoms with Crippen LogP contribution in [0.25, 0.3) is 5.76 Å². The average Bonchev–Trinajstić information content (AvgIpc) is 2.67. The van der Waals surface area contributed by atoms with Crippen molar-refractivity contribution in [2.75, 3.05) is 7.05 Å². The number of ketones is 2. The molecule has 3 aliphatic carbocycles. The van der Waals surface area contributed by atoms with Gasteiger partial charge >= 0.3 is 0 Å². The lowest BCUT2D eigenvalue weighted by atomic mass is 9.57. The van der Waals surface area contributed by atoms with Crippen LogP contribution in [0.2, 0.25) is 0 Å². The van der Waals surface area contributed by atoms with E-state index in [-0.39, 0.29) is 29.5 Å². The summed E-state index contributed by atoms with van der Waals surface area (Å²) >= 11 is 0. The van der Waals surface area contributed by atoms with Gasteiger partial charge in [0, 0.05) is 17.1 Å². The van der Waals surface area contributed by atoms with E-state index >= 15 is 0 Å². The Labute approximate surface area is 169 Å². The predicted molar refractivity (Wildman–Crippen MR) is 99.6 cm³/mol. The van der Waals surface area contributed by atoms with E-state index in [1.54, 1.807) is 0 Å². The molecule has 3 aliphatic rings. The van der Waals surface area contributed by atoms with Gasteiger partial charge in [-0.15, -0.1) is 0 Å². The molecule has 0 heterocycles. The molecule has 1 aromatic rings. The summed E-state index contributed by atoms with van der Waals surface area (Å²) in [4.78, 5) is 37.8. The van der Waals surface area contributed by atoms with Crippen molar-refractivity contribution in [2.24, 2.45) is 17.6 Å². The number of aliphatic hydroxyl groups excluding tert-OH is 2. The molecule has 30 heavy (non-hydrogen) atoms. The van der Waals surface area contributed by atoms with E-state index in [1.165, 1.54) is 7.05 Å². The van der Waals surface area contributed by atoms with Crippen LogP contribution in [0.1, 0.15) is 17.5 Å². The van der Waals surface area contributed by atoms with Crippen molar-refractivity contribution in [2.45, 2.75) is 24.5 Å². The maximum Gasteiger partial charge on any atom is 0.255 e. The Hall–Kier alpha value is -3.24. The number of phenolic OH excluding ortho intramolecular Hbond substituents is 1. The van der Waals surface area contributed by atoms with Gasteiger partial charge in [-0.25, -0.2) is 4.39 Å². The van der Waals surface area contributed by atoms with Crippen LogP contribution in [-0.2, 0) is 20.8 Å². The first-order valence-corrected chi connectivity index (χ1v) is 9.21. The monoisotopic (exact) mass is 418 g/mol. The number of carbonyl (C=O) groups excluding carboxylic acids is 3. The van der Waals surface area contributed by atoms with Crippen molar-refractivity contribution < 1.29 is 39.2 Å². The van der Waals surface area contributed by atoms with Gasteiger partial charge in [0.15, 0.2) is 11.4 Å². The zero-order valence-electron chi connectivity index (χ0n) is 15.8. The van der Waals surface area contributed by atoms with E-state index in [0.29, 0.717) is 0 Å². The van der Waals surface area contributed by atoms with Crippen LogP contribution in [-0.4, -0.2) is 56.6 Å². The molecular formula is C20H19FN2O7. The van der Waals surface area contributed by atoms with Crippen molar-refractivity contribution in [3.8, 4) is 5.75 Å². The summed E-state index contributed by atoms with van der Waals surface area (Å²) in [5, 5.41) is 45.3. The van der Waals surface area contributed by atoms with Crippen molar-refractivity contribution in [3.05, 3.63) is 46.0 Å². The number of phenols is 1. The van der Waals surface area contributed by atoms with Gasteiger partial charge in [-0.05, 0) is 37.9 Å². The van der Waals surface area contributed by atoms with Crippen LogP contribution in [0.15, 0.2) is 29.0 Å². The fraction of sp³-hybridized carbons (Fsp3) is 0.350. The number of Topliss-reactive ketones (excluding diaryl/α,β-unsaturated/α-hetero) is 2. The molecule has 0 aromatic heterocycles. The Balaban J connectivity index is 1.98. The van der Waals surface area contributed by atoms with Crippen LogP contribution in [0.4, 0.5) is 4.39 Å². The minimum absolute atomic E-state index is 0.000206. The number of fused-ring (bicyclic) bond motifs is 3. The molecule has 0 radical (unpaired) electrons. The first kappa shape index (κ1) is 20.0. The normalized spacial score (nSPS) is 30.7. The van der Waals surface area contributed by atoms with Crippen LogP contribution in [0.5, 0.6) is 5.75 Å². The second kappa shape index (κ2) is 6.38. The van der Waals surface area contributed by atoms with E-state index in [4.69, 9.17) is 5.73 Å². The number of benzene rings is 1. The van der Waals surface area contributed by atoms with Gasteiger partial charge in [0.2, 0.25) is 5.78 Å². The lowest BCUT2D eigenvalue weighted by Gasteiger charge is -2.48. The predicted octanol–water partition coefficient (Wildman–Crippen LogP) is -0.239. The number of aromatic hydroxyl groups is 1. The Bertz CT molecular complexity index is 1090. The zero-order valence-corrected chi connectivity index (χ0v) is 15.8. The molecule has 0 bridgehead atoms. The van der Waals surface area contributed by atoms with Crippen LogP contribution < -0.4 is 11.1 Å². The van der Waals surface area contributed by atoms with Crippen molar-refractivity contribution in [1.82, 2.24) is 5.32 Å². The summed E-state index contributed by atoms with van der Waals surface area (Å²) in [5.74, 6) is -8.36. The second-order valence-electron chi connectivity index (χ2n) is 7.74. The highest BCUT2D eigenvalue weighted by atomic mass is 19.1. The Kier molecular flexibility index (Phi) is 4.26. The van der Waals surface area contributed by atoms with Crippen molar-refractivity contribution >= 4 is 23.2 Å². The third-order valence-electron chi connectivity index (χ3n) is 6.34. The van der Waals surface area contributed by atoms with E-state index in [9.17, 15) is 39.2 Å². The molecule has 1 amide bonds. The fourth-order valence-corrected chi connectivity index (χ4v) is 4.97. The Morgan fingerprint density at radius 2 is 1.93 bits per heavy atom. The van der Waals surface area contributed by atoms with Gasteiger partial charge in [-0.3, -0.25) is 14.4 Å². The molecule has 0 unspecified atom stereocenters. The van der Waals surface area contributed by atoms with Gasteiger partial charge in [0.05, 0.1) is 11.6 Å². The molecule has 4 rings (SSSR count). The number of halogens is 1. The minimum atomic E-state index is -2.70. The van der Waals surface area contributed by atoms with Gasteiger partial charge in [0.1, 0.15) is 28.7 Å². The summed E-state index contributed by atoms with van der Waals surface area (Å²) in [7, 11) is 1.38. The highest BCUT2D eigenvalue weighted by molar-refractivity contribution is 6.24. The largest absolute Gasteiger partial charge is 0.508 e. The zero-order chi connectivity index (χ0) is 22.1. The lowest BCUT2D eigenvalue weighted by molar-refractivity contribution is -0.150. The van der Waals surface area contributed by atoms with E-state index in [2.05, 4.69) is 5.32 Å². The molecule has 0 saturated heterocycles. The third-order valence-corrected chi connectivity index (χ3v) is 6.34. The number of aliphatic hydroxyl groups is 3. The number of nitrogens with one attached hydrogen (secondary N) is 1. The lowest BCUT2D eigenvalue weighted by Crippen LogP contribution is -2.65. The quantitative estimate of drug-likeness (QED) is 0.357. The Morgan fingerprint density at radius 3 is 2.53 bits per heavy atom. The Morgan fingerprint density at radius 1 is 1.27 bits per heavy atom. The minimum Gasteiger partial charge on any atom is -0.508 e. The molecule has 7 N–H and O–H groups in total. The second-order valence-corrected chi connectivity index (χ2v) is 7.74. The number of hydrogen-bond acceptors (Lipinski definition) is 8. The van der Waals surface area contributed by atoms with Gasteiger partial charge < -0.3 is 31.5 Å². The topological polar surface area (TPSA) is 170 Å². The summed E-state index contributed by atoms with van der Waals surface area (Å²) in [6.07, 6.45) is -0.172. The maximum atomic E-state index is 14.4. The van der Waals surface area contributed by atoms with E-state index in [0.717, 1.165) is 12.1 Å². The van der Waals surface area contributed by atoms with Crippen molar-refractivity contribution in [3.63, 3.8) is 0 Å². The average molecular weight is 418 g/mol. The number of amides is 1. The number of nitrogens with two attached hydrogens (primary N) is 1. The third kappa shape index (κ3) is 2.31. The SMILES string of the molecule is CN[C@@H]1C(=O)C(C(N)=O)=C(O)[C@@]2(O)C(=O)C3=C(O)c4c(O)ccc(F)c4C[C@H]3C[C@@H]12. The van der Waals surface area contributed by atoms with E-state index < -0.39 is 69.6 Å². The molecule has 9 nitrogen and oxygen atoms in total. The standard InChI is InChI=1S/C20H19FN2O7/c1-23-14-8-5-6-4-7-9(21)2-3-10(24)12(7)15(25)11(6)17(27)20(8,30)18(28)13(16(14)26)19(22)29/h2-3,6,8,14,23-25,28,30H,4-5H2,1H3,(H2,22,29)/t6-,8-,14-,20-/m0/s1. The van der Waals surface area contributed by atoms with Crippen molar-refractivity contribution in [1.29, 1.82) is 0 Å². The van der Waals surface area contributed by atoms with Gasteiger partial charge in [-0.1, -0.05) is 0 Å². The first-order valence-electron chi connectivity index (χ1n) is 9.21. The molecule has 0 spiro atoms. The molecular weight excluding hydrogens is 399 g/mol. The smallest absolute Gasteiger partial charge is 0.255 e. The summed E-state index contributed by atoms with van der Waals surface area (Å²) in [6, 6.07) is 0.827. The number of rotatable bonds is 2. The van der Waals surface area contributed by atoms with Gasteiger partial charge in [0.25, 0.3) is 5.91 Å². The molecule has 158 valence electrons. The maximum absolute atomic E-state index is 14.4. The molecule has 1 aromatic carbocycles. The summed E-state index contributed by atoms with van der Waals surface area (Å²) in [6.45, 7) is 0. The summed E-state index contributed by atoms with van der Waals surface area (Å²) < 4.78 is 14.4. The number of primary amides is 1. The fourth-order valence-electron chi connectivity index (χ4n) is 4.97. The molecule has 0 aliphatic heterocycles. The van der Waals surface area contributed by atoms with Crippen LogP contribution >= 0.6 is 0 Å². The van der Waals surface area contributed by atoms with Crippen LogP contribution in [0, 0.1) is 17.7 Å². The van der Waals surface area contributed by atoms with Crippen LogP contribution in [0.3, 0.4) is 0 Å². The molecule has 10 heteroatoms. The molecule has 1 saturated carbocycles. The van der Waals surface area contributed by atoms with E-state index in [1.807, 2.05) is 0 Å². The number of likely N-dealkylation sites (N-methyl/N-ethyl adjacent to an activating group) is 1. The molecule has 4 atom stereocenters. The highest BCUT2D eigenvalue weighted by Gasteiger charge is 2.63. The number of carbonyl (C=O) groups is 3. The first-order chi connectivity index (χ1) is 14.0. The summed E-state index contributed by atoms with van der Waals surface area (Å²) in [5.41, 5.74) is 0.997. The van der Waals surface area contributed by atoms with Gasteiger partial charge in [-0.2, -0.15) is 0 Å². The number of hydrogen-bond donors (Lipinski definition) is 6. The molecule has 1 fully saturated rings.